The summed E-state index contributed by atoms with van der Waals surface area (Å²) in [7, 11) is -3.88. The van der Waals surface area contributed by atoms with E-state index in [1.54, 1.807) is 24.3 Å². The number of amides is 2. The van der Waals surface area contributed by atoms with E-state index in [0.717, 1.165) is 32.6 Å². The second-order valence-corrected chi connectivity index (χ2v) is 13.1. The molecule has 4 rings (SSSR count). The maximum atomic E-state index is 14.2. The zero-order chi connectivity index (χ0) is 31.5. The molecule has 1 unspecified atom stereocenters. The highest BCUT2D eigenvalue weighted by molar-refractivity contribution is 9.10. The molecule has 0 aliphatic heterocycles. The molecule has 0 bridgehead atoms. The molecule has 1 atom stereocenters. The number of ether oxygens (including phenoxy) is 1. The van der Waals surface area contributed by atoms with Gasteiger partial charge in [0, 0.05) is 24.0 Å². The van der Waals surface area contributed by atoms with Gasteiger partial charge in [0.1, 0.15) is 24.1 Å². The molecule has 0 fully saturated rings. The van der Waals surface area contributed by atoms with Gasteiger partial charge in [0.15, 0.2) is 0 Å². The maximum absolute atomic E-state index is 14.2. The van der Waals surface area contributed by atoms with E-state index >= 15 is 0 Å². The maximum Gasteiger partial charge on any atom is 0.244 e. The Hall–Kier alpha value is -4.15. The van der Waals surface area contributed by atoms with Gasteiger partial charge in [0.2, 0.25) is 21.8 Å². The van der Waals surface area contributed by atoms with Gasteiger partial charge >= 0.3 is 0 Å². The second kappa shape index (κ2) is 15.5. The van der Waals surface area contributed by atoms with Crippen molar-refractivity contribution in [1.82, 2.24) is 10.2 Å². The predicted octanol–water partition coefficient (Wildman–Crippen LogP) is 6.17. The van der Waals surface area contributed by atoms with Crippen LogP contribution in [0.5, 0.6) is 11.5 Å². The van der Waals surface area contributed by atoms with Crippen LogP contribution < -0.4 is 14.4 Å². The van der Waals surface area contributed by atoms with Crippen molar-refractivity contribution in [2.24, 2.45) is 0 Å². The third kappa shape index (κ3) is 9.42. The number of anilines is 1. The highest BCUT2D eigenvalue weighted by Crippen LogP contribution is 2.26. The number of hydrogen-bond acceptors (Lipinski definition) is 5. The van der Waals surface area contributed by atoms with E-state index in [2.05, 4.69) is 21.2 Å². The van der Waals surface area contributed by atoms with Crippen LogP contribution in [0.25, 0.3) is 0 Å². The standard InChI is InChI=1S/C34H36BrN3O5S/c1-3-21-36-34(40)32(23-26-11-6-4-7-12-26)37(24-27-13-10-14-28(35)22-27)33(39)25-38(44(2,41)42)29-17-19-31(20-18-29)43-30-15-8-5-9-16-30/h4-20,22,32H,3,21,23-25H2,1-2H3,(H,36,40). The number of para-hydroxylation sites is 1. The molecule has 0 aliphatic rings. The van der Waals surface area contributed by atoms with Crippen LogP contribution in [0.1, 0.15) is 24.5 Å². The van der Waals surface area contributed by atoms with E-state index in [0.29, 0.717) is 23.7 Å². The molecular formula is C34H36BrN3O5S. The average Bonchev–Trinajstić information content (AvgIpc) is 3.01. The van der Waals surface area contributed by atoms with E-state index < -0.39 is 28.5 Å². The first-order chi connectivity index (χ1) is 21.1. The van der Waals surface area contributed by atoms with Crippen molar-refractivity contribution in [3.63, 3.8) is 0 Å². The SMILES string of the molecule is CCCNC(=O)C(Cc1ccccc1)N(Cc1cccc(Br)c1)C(=O)CN(c1ccc(Oc2ccccc2)cc1)S(C)(=O)=O. The van der Waals surface area contributed by atoms with Crippen molar-refractivity contribution in [2.75, 3.05) is 23.7 Å². The molecule has 0 aliphatic carbocycles. The molecule has 2 amide bonds. The Morgan fingerprint density at radius 3 is 2.07 bits per heavy atom. The highest BCUT2D eigenvalue weighted by Gasteiger charge is 2.33. The highest BCUT2D eigenvalue weighted by atomic mass is 79.9. The van der Waals surface area contributed by atoms with E-state index in [4.69, 9.17) is 4.74 Å². The topological polar surface area (TPSA) is 96.0 Å². The molecule has 0 saturated carbocycles. The first-order valence-electron chi connectivity index (χ1n) is 14.3. The number of nitrogens with one attached hydrogen (secondary N) is 1. The molecule has 4 aromatic carbocycles. The Morgan fingerprint density at radius 1 is 0.841 bits per heavy atom. The van der Waals surface area contributed by atoms with Gasteiger partial charge in [0.05, 0.1) is 11.9 Å². The van der Waals surface area contributed by atoms with Gasteiger partial charge < -0.3 is 15.0 Å². The number of carbonyl (C=O) groups is 2. The Labute approximate surface area is 267 Å². The van der Waals surface area contributed by atoms with E-state index in [-0.39, 0.29) is 18.9 Å². The average molecular weight is 679 g/mol. The lowest BCUT2D eigenvalue weighted by atomic mass is 10.0. The Bertz CT molecular complexity index is 1630. The summed E-state index contributed by atoms with van der Waals surface area (Å²) in [6.07, 6.45) is 2.05. The Morgan fingerprint density at radius 2 is 1.45 bits per heavy atom. The van der Waals surface area contributed by atoms with Gasteiger partial charge in [-0.15, -0.1) is 0 Å². The third-order valence-electron chi connectivity index (χ3n) is 6.85. The summed E-state index contributed by atoms with van der Waals surface area (Å²) in [5.41, 5.74) is 1.98. The Kier molecular flexibility index (Phi) is 11.6. The summed E-state index contributed by atoms with van der Waals surface area (Å²) in [6, 6.07) is 31.8. The summed E-state index contributed by atoms with van der Waals surface area (Å²) >= 11 is 3.49. The lowest BCUT2D eigenvalue weighted by Gasteiger charge is -2.33. The summed E-state index contributed by atoms with van der Waals surface area (Å²) in [5, 5.41) is 2.94. The second-order valence-electron chi connectivity index (χ2n) is 10.3. The first-order valence-corrected chi connectivity index (χ1v) is 16.9. The van der Waals surface area contributed by atoms with Crippen LogP contribution in [0.4, 0.5) is 5.69 Å². The fraction of sp³-hybridized carbons (Fsp3) is 0.235. The molecule has 0 aromatic heterocycles. The van der Waals surface area contributed by atoms with Crippen molar-refractivity contribution >= 4 is 43.5 Å². The van der Waals surface area contributed by atoms with Crippen LogP contribution in [0.3, 0.4) is 0 Å². The quantitative estimate of drug-likeness (QED) is 0.172. The summed E-state index contributed by atoms with van der Waals surface area (Å²) in [5.74, 6) is 0.357. The molecule has 10 heteroatoms. The molecule has 0 heterocycles. The van der Waals surface area contributed by atoms with Crippen LogP contribution >= 0.6 is 15.9 Å². The monoisotopic (exact) mass is 677 g/mol. The molecule has 44 heavy (non-hydrogen) atoms. The number of rotatable bonds is 14. The number of nitrogens with zero attached hydrogens (tertiary/aromatic N) is 2. The van der Waals surface area contributed by atoms with Crippen LogP contribution in [-0.4, -0.2) is 50.5 Å². The van der Waals surface area contributed by atoms with E-state index in [1.165, 1.54) is 4.90 Å². The smallest absolute Gasteiger partial charge is 0.244 e. The summed E-state index contributed by atoms with van der Waals surface area (Å²) in [4.78, 5) is 29.3. The summed E-state index contributed by atoms with van der Waals surface area (Å²) < 4.78 is 33.8. The molecular weight excluding hydrogens is 642 g/mol. The lowest BCUT2D eigenvalue weighted by Crippen LogP contribution is -2.53. The number of benzene rings is 4. The van der Waals surface area contributed by atoms with Crippen LogP contribution in [0.15, 0.2) is 114 Å². The predicted molar refractivity (Wildman–Crippen MR) is 177 cm³/mol. The number of halogens is 1. The van der Waals surface area contributed by atoms with Gasteiger partial charge in [-0.3, -0.25) is 13.9 Å². The van der Waals surface area contributed by atoms with Crippen molar-refractivity contribution < 1.29 is 22.7 Å². The van der Waals surface area contributed by atoms with Crippen LogP contribution in [0, 0.1) is 0 Å². The van der Waals surface area contributed by atoms with Gasteiger partial charge in [-0.1, -0.05) is 83.5 Å². The molecule has 0 saturated heterocycles. The zero-order valence-electron chi connectivity index (χ0n) is 24.7. The molecule has 8 nitrogen and oxygen atoms in total. The largest absolute Gasteiger partial charge is 0.457 e. The molecule has 4 aromatic rings. The van der Waals surface area contributed by atoms with Crippen molar-refractivity contribution in [3.05, 3.63) is 125 Å². The van der Waals surface area contributed by atoms with Crippen LogP contribution in [0.2, 0.25) is 0 Å². The fourth-order valence-electron chi connectivity index (χ4n) is 4.67. The third-order valence-corrected chi connectivity index (χ3v) is 8.48. The van der Waals surface area contributed by atoms with Gasteiger partial charge in [0.25, 0.3) is 0 Å². The van der Waals surface area contributed by atoms with E-state index in [9.17, 15) is 18.0 Å². The van der Waals surface area contributed by atoms with Crippen molar-refractivity contribution in [1.29, 1.82) is 0 Å². The normalized spacial score (nSPS) is 11.8. The first kappa shape index (κ1) is 32.8. The minimum atomic E-state index is -3.88. The Balaban J connectivity index is 1.67. The minimum absolute atomic E-state index is 0.108. The number of carbonyl (C=O) groups excluding carboxylic acids is 2. The number of hydrogen-bond donors (Lipinski definition) is 1. The molecule has 0 spiro atoms. The van der Waals surface area contributed by atoms with Gasteiger partial charge in [-0.25, -0.2) is 8.42 Å². The fourth-order valence-corrected chi connectivity index (χ4v) is 5.97. The zero-order valence-corrected chi connectivity index (χ0v) is 27.1. The van der Waals surface area contributed by atoms with E-state index in [1.807, 2.05) is 91.9 Å². The minimum Gasteiger partial charge on any atom is -0.457 e. The summed E-state index contributed by atoms with van der Waals surface area (Å²) in [6.45, 7) is 2.03. The van der Waals surface area contributed by atoms with Crippen LogP contribution in [-0.2, 0) is 32.6 Å². The van der Waals surface area contributed by atoms with Crippen molar-refractivity contribution in [3.8, 4) is 11.5 Å². The molecule has 0 radical (unpaired) electrons. The molecule has 1 N–H and O–H groups in total. The van der Waals surface area contributed by atoms with Gasteiger partial charge in [-0.2, -0.15) is 0 Å². The number of sulfonamides is 1. The lowest BCUT2D eigenvalue weighted by molar-refractivity contribution is -0.140. The van der Waals surface area contributed by atoms with Gasteiger partial charge in [-0.05, 0) is 66.1 Å². The molecule has 230 valence electrons. The van der Waals surface area contributed by atoms with Crippen molar-refractivity contribution in [2.45, 2.75) is 32.4 Å².